The number of hydrogen-bond acceptors (Lipinski definition) is 7. The lowest BCUT2D eigenvalue weighted by Gasteiger charge is -2.18. The van der Waals surface area contributed by atoms with E-state index in [1.54, 1.807) is 20.1 Å². The minimum absolute atomic E-state index is 0.00645. The molecule has 0 N–H and O–H groups in total. The van der Waals surface area contributed by atoms with E-state index >= 15 is 0 Å². The second-order valence-corrected chi connectivity index (χ2v) is 6.92. The van der Waals surface area contributed by atoms with Crippen molar-refractivity contribution in [2.45, 2.75) is 13.3 Å². The number of carbonyl (C=O) groups excluding carboxylic acids is 2. The zero-order valence-electron chi connectivity index (χ0n) is 18.6. The predicted molar refractivity (Wildman–Crippen MR) is 120 cm³/mol. The summed E-state index contributed by atoms with van der Waals surface area (Å²) in [5, 5.41) is 1.24. The van der Waals surface area contributed by atoms with Crippen molar-refractivity contribution in [1.82, 2.24) is 0 Å². The van der Waals surface area contributed by atoms with Crippen LogP contribution >= 0.6 is 0 Å². The van der Waals surface area contributed by atoms with Crippen molar-refractivity contribution < 1.29 is 33.3 Å². The summed E-state index contributed by atoms with van der Waals surface area (Å²) in [6, 6.07) is 14.8. The summed E-state index contributed by atoms with van der Waals surface area (Å²) in [4.78, 5) is 25.1. The molecule has 0 radical (unpaired) electrons. The largest absolute Gasteiger partial charge is 0.497 e. The third-order valence-corrected chi connectivity index (χ3v) is 4.97. The highest BCUT2D eigenvalue weighted by Gasteiger charge is 2.25. The summed E-state index contributed by atoms with van der Waals surface area (Å²) in [5.41, 5.74) is 2.13. The maximum atomic E-state index is 12.9. The van der Waals surface area contributed by atoms with Gasteiger partial charge in [-0.05, 0) is 48.1 Å². The number of ketones is 1. The van der Waals surface area contributed by atoms with Crippen molar-refractivity contribution in [3.63, 3.8) is 0 Å². The molecule has 3 rings (SSSR count). The van der Waals surface area contributed by atoms with Crippen molar-refractivity contribution in [2.75, 3.05) is 34.7 Å². The summed E-state index contributed by atoms with van der Waals surface area (Å²) in [7, 11) is 4.62. The van der Waals surface area contributed by atoms with Gasteiger partial charge in [0.2, 0.25) is 0 Å². The fourth-order valence-corrected chi connectivity index (χ4v) is 3.51. The van der Waals surface area contributed by atoms with Gasteiger partial charge in [-0.2, -0.15) is 0 Å². The summed E-state index contributed by atoms with van der Waals surface area (Å²) < 4.78 is 26.6. The third-order valence-electron chi connectivity index (χ3n) is 4.97. The molecule has 0 aromatic heterocycles. The van der Waals surface area contributed by atoms with E-state index in [9.17, 15) is 9.59 Å². The van der Waals surface area contributed by atoms with Crippen molar-refractivity contribution >= 4 is 22.5 Å². The molecular formula is C25H26O7. The molecule has 0 aliphatic rings. The summed E-state index contributed by atoms with van der Waals surface area (Å²) in [5.74, 6) is -0.130. The fourth-order valence-electron chi connectivity index (χ4n) is 3.51. The number of Topliss-reactive ketones (excluding diaryl/α,β-unsaturated/α-hetero) is 1. The van der Waals surface area contributed by atoms with Crippen LogP contribution in [0.15, 0.2) is 48.5 Å². The van der Waals surface area contributed by atoms with Crippen LogP contribution in [0.1, 0.15) is 28.4 Å². The van der Waals surface area contributed by atoms with E-state index in [1.165, 1.54) is 20.3 Å². The lowest BCUT2D eigenvalue weighted by molar-refractivity contribution is -0.137. The van der Waals surface area contributed by atoms with Crippen LogP contribution in [0.2, 0.25) is 0 Å². The van der Waals surface area contributed by atoms with Gasteiger partial charge in [-0.1, -0.05) is 30.3 Å². The summed E-state index contributed by atoms with van der Waals surface area (Å²) >= 11 is 0. The lowest BCUT2D eigenvalue weighted by atomic mass is 9.93. The molecule has 3 aromatic carbocycles. The van der Waals surface area contributed by atoms with Crippen LogP contribution in [0.3, 0.4) is 0 Å². The topological polar surface area (TPSA) is 80.3 Å². The summed E-state index contributed by atoms with van der Waals surface area (Å²) in [6.45, 7) is 1.75. The summed E-state index contributed by atoms with van der Waals surface area (Å²) in [6.07, 6.45) is 0.560. The first kappa shape index (κ1) is 23.1. The van der Waals surface area contributed by atoms with Crippen LogP contribution in [-0.2, 0) is 20.7 Å². The van der Waals surface area contributed by atoms with Crippen molar-refractivity contribution in [3.05, 3.63) is 65.2 Å². The Labute approximate surface area is 186 Å². The average Bonchev–Trinajstić information content (AvgIpc) is 2.82. The standard InChI is InChI=1S/C25H26O7/c1-5-31-25(27)23(26)20-14-21(30-4)24(32-15-28-2)22-17(7-6-8-19(20)22)13-16-9-11-18(29-3)12-10-16/h6-12,14H,5,13,15H2,1-4H3. The molecular weight excluding hydrogens is 412 g/mol. The molecule has 0 aliphatic carbocycles. The molecule has 0 aliphatic heterocycles. The third kappa shape index (κ3) is 4.84. The predicted octanol–water partition coefficient (Wildman–Crippen LogP) is 4.18. The van der Waals surface area contributed by atoms with Gasteiger partial charge in [0.1, 0.15) is 5.75 Å². The molecule has 32 heavy (non-hydrogen) atoms. The van der Waals surface area contributed by atoms with Gasteiger partial charge in [-0.15, -0.1) is 0 Å². The maximum Gasteiger partial charge on any atom is 0.379 e. The van der Waals surface area contributed by atoms with Gasteiger partial charge < -0.3 is 23.7 Å². The Morgan fingerprint density at radius 1 is 0.938 bits per heavy atom. The molecule has 0 atom stereocenters. The van der Waals surface area contributed by atoms with E-state index < -0.39 is 11.8 Å². The first-order chi connectivity index (χ1) is 15.5. The number of fused-ring (bicyclic) bond motifs is 1. The normalized spacial score (nSPS) is 10.6. The highest BCUT2D eigenvalue weighted by molar-refractivity contribution is 6.43. The molecule has 3 aromatic rings. The Morgan fingerprint density at radius 3 is 2.31 bits per heavy atom. The van der Waals surface area contributed by atoms with Gasteiger partial charge in [-0.25, -0.2) is 4.79 Å². The quantitative estimate of drug-likeness (QED) is 0.203. The Balaban J connectivity index is 2.21. The van der Waals surface area contributed by atoms with E-state index in [0.29, 0.717) is 28.7 Å². The zero-order valence-corrected chi connectivity index (χ0v) is 18.6. The molecule has 0 saturated heterocycles. The monoisotopic (exact) mass is 438 g/mol. The average molecular weight is 438 g/mol. The van der Waals surface area contributed by atoms with Crippen LogP contribution in [0.5, 0.6) is 17.2 Å². The first-order valence-electron chi connectivity index (χ1n) is 10.1. The number of hydrogen-bond donors (Lipinski definition) is 0. The minimum Gasteiger partial charge on any atom is -0.497 e. The lowest BCUT2D eigenvalue weighted by Crippen LogP contribution is -2.18. The van der Waals surface area contributed by atoms with E-state index in [0.717, 1.165) is 16.9 Å². The zero-order chi connectivity index (χ0) is 23.1. The Bertz CT molecular complexity index is 1100. The van der Waals surface area contributed by atoms with Crippen molar-refractivity contribution in [3.8, 4) is 17.2 Å². The second kappa shape index (κ2) is 10.6. The van der Waals surface area contributed by atoms with Crippen LogP contribution in [0.4, 0.5) is 0 Å². The Morgan fingerprint density at radius 2 is 1.69 bits per heavy atom. The van der Waals surface area contributed by atoms with Crippen LogP contribution in [0, 0.1) is 0 Å². The molecule has 7 nitrogen and oxygen atoms in total. The van der Waals surface area contributed by atoms with E-state index in [-0.39, 0.29) is 19.0 Å². The molecule has 168 valence electrons. The number of benzene rings is 3. The van der Waals surface area contributed by atoms with E-state index in [1.807, 2.05) is 36.4 Å². The number of ether oxygens (including phenoxy) is 5. The van der Waals surface area contributed by atoms with Gasteiger partial charge in [0.25, 0.3) is 5.78 Å². The SMILES string of the molecule is CCOC(=O)C(=O)c1cc(OC)c(OCOC)c2c(Cc3ccc(OC)cc3)cccc12. The Hall–Kier alpha value is -3.58. The molecule has 0 bridgehead atoms. The van der Waals surface area contributed by atoms with Crippen LogP contribution < -0.4 is 14.2 Å². The van der Waals surface area contributed by atoms with E-state index in [4.69, 9.17) is 23.7 Å². The van der Waals surface area contributed by atoms with Crippen LogP contribution in [-0.4, -0.2) is 46.5 Å². The fraction of sp³-hybridized carbons (Fsp3) is 0.280. The van der Waals surface area contributed by atoms with Gasteiger partial charge in [0, 0.05) is 18.1 Å². The second-order valence-electron chi connectivity index (χ2n) is 6.92. The highest BCUT2D eigenvalue weighted by atomic mass is 16.7. The number of methoxy groups -OCH3 is 3. The molecule has 0 fully saturated rings. The number of carbonyl (C=O) groups is 2. The van der Waals surface area contributed by atoms with Gasteiger partial charge in [0.05, 0.1) is 20.8 Å². The molecule has 0 heterocycles. The molecule has 0 amide bonds. The molecule has 0 spiro atoms. The van der Waals surface area contributed by atoms with E-state index in [2.05, 4.69) is 0 Å². The highest BCUT2D eigenvalue weighted by Crippen LogP contribution is 2.41. The smallest absolute Gasteiger partial charge is 0.379 e. The number of esters is 1. The molecule has 0 saturated carbocycles. The van der Waals surface area contributed by atoms with Crippen molar-refractivity contribution in [1.29, 1.82) is 0 Å². The maximum absolute atomic E-state index is 12.9. The van der Waals surface area contributed by atoms with Gasteiger partial charge in [0.15, 0.2) is 18.3 Å². The Kier molecular flexibility index (Phi) is 7.68. The molecule has 7 heteroatoms. The van der Waals surface area contributed by atoms with Crippen molar-refractivity contribution in [2.24, 2.45) is 0 Å². The number of rotatable bonds is 10. The molecule has 0 unspecified atom stereocenters. The van der Waals surface area contributed by atoms with Gasteiger partial charge in [-0.3, -0.25) is 4.79 Å². The first-order valence-corrected chi connectivity index (χ1v) is 10.1. The minimum atomic E-state index is -0.915. The van der Waals surface area contributed by atoms with Crippen LogP contribution in [0.25, 0.3) is 10.8 Å². The van der Waals surface area contributed by atoms with Gasteiger partial charge >= 0.3 is 5.97 Å².